The van der Waals surface area contributed by atoms with E-state index in [1.165, 1.54) is 19.4 Å². The Balaban J connectivity index is 1.72. The van der Waals surface area contributed by atoms with Crippen molar-refractivity contribution in [2.75, 3.05) is 0 Å². The molecule has 0 heterocycles. The first kappa shape index (κ1) is 18.9. The molecule has 5 heteroatoms. The first-order chi connectivity index (χ1) is 12.8. The maximum absolute atomic E-state index is 14.2. The molecule has 4 aliphatic carbocycles. The Morgan fingerprint density at radius 2 is 1.81 bits per heavy atom. The highest BCUT2D eigenvalue weighted by Gasteiger charge is 2.58. The number of ether oxygens (including phenoxy) is 2. The largest absolute Gasteiger partial charge is 0.462 e. The second-order valence-electron chi connectivity index (χ2n) is 9.33. The third-order valence-electron chi connectivity index (χ3n) is 7.83. The van der Waals surface area contributed by atoms with Gasteiger partial charge in [0.25, 0.3) is 0 Å². The highest BCUT2D eigenvalue weighted by atomic mass is 19.1. The minimum Gasteiger partial charge on any atom is -0.462 e. The van der Waals surface area contributed by atoms with E-state index >= 15 is 0 Å². The van der Waals surface area contributed by atoms with Gasteiger partial charge < -0.3 is 9.47 Å². The Labute approximate surface area is 160 Å². The van der Waals surface area contributed by atoms with Crippen molar-refractivity contribution in [3.8, 4) is 0 Å². The lowest BCUT2D eigenvalue weighted by atomic mass is 9.53. The molecule has 2 saturated carbocycles. The molecule has 0 bridgehead atoms. The van der Waals surface area contributed by atoms with Crippen LogP contribution in [0.2, 0.25) is 0 Å². The molecule has 4 aliphatic rings. The van der Waals surface area contributed by atoms with Crippen molar-refractivity contribution in [3.63, 3.8) is 0 Å². The van der Waals surface area contributed by atoms with Crippen LogP contribution in [0.5, 0.6) is 0 Å². The van der Waals surface area contributed by atoms with Gasteiger partial charge in [-0.25, -0.2) is 4.39 Å². The molecule has 0 saturated heterocycles. The van der Waals surface area contributed by atoms with E-state index in [0.717, 1.165) is 44.1 Å². The molecule has 0 radical (unpaired) electrons. The van der Waals surface area contributed by atoms with Gasteiger partial charge in [-0.15, -0.1) is 0 Å². The van der Waals surface area contributed by atoms with Gasteiger partial charge in [-0.3, -0.25) is 9.59 Å². The number of fused-ring (bicyclic) bond motifs is 4. The van der Waals surface area contributed by atoms with Crippen LogP contribution in [0.25, 0.3) is 0 Å². The Bertz CT molecular complexity index is 671. The van der Waals surface area contributed by atoms with Gasteiger partial charge in [0.05, 0.1) is 0 Å². The summed E-state index contributed by atoms with van der Waals surface area (Å²) in [5, 5.41) is 0. The number of allylic oxidation sites excluding steroid dienone is 1. The normalized spacial score (nSPS) is 43.4. The van der Waals surface area contributed by atoms with Gasteiger partial charge in [0.15, 0.2) is 0 Å². The first-order valence-corrected chi connectivity index (χ1v) is 10.5. The van der Waals surface area contributed by atoms with E-state index in [2.05, 4.69) is 6.92 Å². The number of esters is 2. The third-order valence-corrected chi connectivity index (χ3v) is 7.83. The van der Waals surface area contributed by atoms with Gasteiger partial charge in [0, 0.05) is 25.7 Å². The fraction of sp³-hybridized carbons (Fsp3) is 0.818. The van der Waals surface area contributed by atoms with E-state index in [0.29, 0.717) is 30.6 Å². The van der Waals surface area contributed by atoms with E-state index in [9.17, 15) is 14.0 Å². The highest BCUT2D eigenvalue weighted by Crippen LogP contribution is 2.62. The number of carbonyl (C=O) groups is 2. The Morgan fingerprint density at radius 3 is 2.52 bits per heavy atom. The van der Waals surface area contributed by atoms with Crippen LogP contribution in [0.15, 0.2) is 11.1 Å². The predicted molar refractivity (Wildman–Crippen MR) is 98.5 cm³/mol. The molecular formula is C22H31FO4. The first-order valence-electron chi connectivity index (χ1n) is 10.5. The monoisotopic (exact) mass is 378 g/mol. The van der Waals surface area contributed by atoms with E-state index in [-0.39, 0.29) is 29.6 Å². The molecule has 0 spiro atoms. The summed E-state index contributed by atoms with van der Waals surface area (Å²) in [5.41, 5.74) is 2.33. The fourth-order valence-corrected chi connectivity index (χ4v) is 6.80. The zero-order valence-electron chi connectivity index (χ0n) is 16.6. The molecule has 150 valence electrons. The van der Waals surface area contributed by atoms with Crippen molar-refractivity contribution in [1.29, 1.82) is 0 Å². The highest BCUT2D eigenvalue weighted by molar-refractivity contribution is 5.67. The Hall–Kier alpha value is -1.39. The SMILES string of the molecule is CC(=O)OC1CC2C(CC(OC(C)=O)C3(C)CCCC23)C2=C1CC(F)CC2. The molecule has 0 amide bonds. The van der Waals surface area contributed by atoms with Gasteiger partial charge >= 0.3 is 11.9 Å². The zero-order valence-corrected chi connectivity index (χ0v) is 16.6. The summed E-state index contributed by atoms with van der Waals surface area (Å²) in [7, 11) is 0. The maximum Gasteiger partial charge on any atom is 0.303 e. The minimum atomic E-state index is -0.844. The zero-order chi connectivity index (χ0) is 19.3. The lowest BCUT2D eigenvalue weighted by Crippen LogP contribution is -2.53. The minimum absolute atomic E-state index is 0.00294. The number of carbonyl (C=O) groups excluding carboxylic acids is 2. The average Bonchev–Trinajstić information content (AvgIpc) is 2.98. The Kier molecular flexibility index (Phi) is 4.84. The van der Waals surface area contributed by atoms with Crippen molar-refractivity contribution >= 4 is 11.9 Å². The second-order valence-corrected chi connectivity index (χ2v) is 9.33. The molecule has 7 atom stereocenters. The molecule has 0 aromatic carbocycles. The summed E-state index contributed by atoms with van der Waals surface area (Å²) < 4.78 is 25.7. The van der Waals surface area contributed by atoms with Crippen molar-refractivity contribution in [3.05, 3.63) is 11.1 Å². The van der Waals surface area contributed by atoms with Gasteiger partial charge in [0.1, 0.15) is 18.4 Å². The molecule has 4 nitrogen and oxygen atoms in total. The van der Waals surface area contributed by atoms with Crippen molar-refractivity contribution < 1.29 is 23.5 Å². The summed E-state index contributed by atoms with van der Waals surface area (Å²) in [6.45, 7) is 5.22. The lowest BCUT2D eigenvalue weighted by molar-refractivity contribution is -0.168. The molecule has 0 N–H and O–H groups in total. The van der Waals surface area contributed by atoms with Crippen molar-refractivity contribution in [1.82, 2.24) is 0 Å². The summed E-state index contributed by atoms with van der Waals surface area (Å²) in [5.74, 6) is 0.744. The van der Waals surface area contributed by atoms with Crippen LogP contribution >= 0.6 is 0 Å². The summed E-state index contributed by atoms with van der Waals surface area (Å²) in [6, 6.07) is 0. The molecule has 0 aliphatic heterocycles. The third kappa shape index (κ3) is 3.21. The summed E-state index contributed by atoms with van der Waals surface area (Å²) >= 11 is 0. The van der Waals surface area contributed by atoms with Gasteiger partial charge in [-0.05, 0) is 61.9 Å². The molecule has 4 rings (SSSR count). The number of halogens is 1. The number of rotatable bonds is 2. The number of alkyl halides is 1. The molecular weight excluding hydrogens is 347 g/mol. The van der Waals surface area contributed by atoms with Crippen molar-refractivity contribution in [2.24, 2.45) is 23.2 Å². The molecule has 2 fully saturated rings. The molecule has 7 unspecified atom stereocenters. The Morgan fingerprint density at radius 1 is 1.07 bits per heavy atom. The fourth-order valence-electron chi connectivity index (χ4n) is 6.80. The van der Waals surface area contributed by atoms with E-state index < -0.39 is 6.17 Å². The smallest absolute Gasteiger partial charge is 0.303 e. The van der Waals surface area contributed by atoms with E-state index in [1.54, 1.807) is 0 Å². The molecule has 0 aromatic rings. The predicted octanol–water partition coefficient (Wildman–Crippen LogP) is 4.51. The van der Waals surface area contributed by atoms with Gasteiger partial charge in [-0.2, -0.15) is 0 Å². The second kappa shape index (κ2) is 6.89. The van der Waals surface area contributed by atoms with Crippen LogP contribution in [-0.4, -0.2) is 30.3 Å². The number of hydrogen-bond acceptors (Lipinski definition) is 4. The summed E-state index contributed by atoms with van der Waals surface area (Å²) in [4.78, 5) is 23.5. The topological polar surface area (TPSA) is 52.6 Å². The van der Waals surface area contributed by atoms with Crippen LogP contribution in [0.4, 0.5) is 4.39 Å². The van der Waals surface area contributed by atoms with Crippen LogP contribution in [0.3, 0.4) is 0 Å². The molecule has 27 heavy (non-hydrogen) atoms. The van der Waals surface area contributed by atoms with Gasteiger partial charge in [0.2, 0.25) is 0 Å². The maximum atomic E-state index is 14.2. The standard InChI is InChI=1S/C22H31FO4/c1-12(24)26-20-10-17-16(15-7-6-14(23)9-18(15)20)11-21(27-13(2)25)22(3)8-4-5-19(17)22/h14,16-17,19-21H,4-11H2,1-3H3. The van der Waals surface area contributed by atoms with Gasteiger partial charge in [-0.1, -0.05) is 18.9 Å². The average molecular weight is 378 g/mol. The van der Waals surface area contributed by atoms with E-state index in [1.807, 2.05) is 0 Å². The van der Waals surface area contributed by atoms with Crippen LogP contribution < -0.4 is 0 Å². The van der Waals surface area contributed by atoms with Crippen LogP contribution in [0.1, 0.15) is 72.1 Å². The van der Waals surface area contributed by atoms with Crippen LogP contribution in [-0.2, 0) is 19.1 Å². The summed E-state index contributed by atoms with van der Waals surface area (Å²) in [6.07, 6.45) is 5.49. The van der Waals surface area contributed by atoms with Crippen LogP contribution in [0, 0.1) is 23.2 Å². The number of hydrogen-bond donors (Lipinski definition) is 0. The molecule has 0 aromatic heterocycles. The van der Waals surface area contributed by atoms with Crippen molar-refractivity contribution in [2.45, 2.75) is 90.5 Å². The lowest BCUT2D eigenvalue weighted by Gasteiger charge is -2.54. The quantitative estimate of drug-likeness (QED) is 0.524. The van der Waals surface area contributed by atoms with E-state index in [4.69, 9.17) is 9.47 Å².